The predicted octanol–water partition coefficient (Wildman–Crippen LogP) is 2.81. The summed E-state index contributed by atoms with van der Waals surface area (Å²) >= 11 is 0. The van der Waals surface area contributed by atoms with Crippen LogP contribution in [0.2, 0.25) is 0 Å². The zero-order chi connectivity index (χ0) is 22.5. The maximum Gasteiger partial charge on any atom is 0.341 e. The highest BCUT2D eigenvalue weighted by molar-refractivity contribution is 6.01. The first-order chi connectivity index (χ1) is 15.4. The number of amides is 1. The number of allylic oxidation sites excluding steroid dienone is 2. The number of ether oxygens (including phenoxy) is 1. The molecule has 2 unspecified atom stereocenters. The van der Waals surface area contributed by atoms with Gasteiger partial charge in [0.15, 0.2) is 0 Å². The van der Waals surface area contributed by atoms with Gasteiger partial charge in [-0.25, -0.2) is 9.78 Å². The van der Waals surface area contributed by atoms with Crippen molar-refractivity contribution in [3.05, 3.63) is 41.4 Å². The van der Waals surface area contributed by atoms with Crippen LogP contribution in [0.1, 0.15) is 36.5 Å². The third kappa shape index (κ3) is 3.37. The monoisotopic (exact) mass is 434 g/mol. The molecule has 1 saturated carbocycles. The van der Waals surface area contributed by atoms with E-state index < -0.39 is 5.97 Å². The van der Waals surface area contributed by atoms with Crippen LogP contribution in [0.15, 0.2) is 45.9 Å². The molecule has 2 aliphatic heterocycles. The molecule has 0 radical (unpaired) electrons. The molecule has 5 rings (SSSR count). The minimum atomic E-state index is -0.501. The third-order valence-electron chi connectivity index (χ3n) is 6.40. The smallest absolute Gasteiger partial charge is 0.341 e. The van der Waals surface area contributed by atoms with Crippen molar-refractivity contribution in [2.24, 2.45) is 27.3 Å². The maximum absolute atomic E-state index is 12.4. The van der Waals surface area contributed by atoms with Crippen LogP contribution in [0.5, 0.6) is 0 Å². The van der Waals surface area contributed by atoms with Crippen molar-refractivity contribution in [3.63, 3.8) is 0 Å². The van der Waals surface area contributed by atoms with Gasteiger partial charge in [0.1, 0.15) is 11.4 Å². The van der Waals surface area contributed by atoms with Gasteiger partial charge in [-0.3, -0.25) is 14.8 Å². The topological polar surface area (TPSA) is 108 Å². The van der Waals surface area contributed by atoms with Crippen molar-refractivity contribution in [3.8, 4) is 0 Å². The summed E-state index contributed by atoms with van der Waals surface area (Å²) in [4.78, 5) is 33.7. The summed E-state index contributed by atoms with van der Waals surface area (Å²) in [5, 5.41) is 13.0. The molecule has 2 aliphatic carbocycles. The van der Waals surface area contributed by atoms with E-state index in [0.29, 0.717) is 23.6 Å². The molecule has 1 spiro atoms. The van der Waals surface area contributed by atoms with E-state index in [1.165, 1.54) is 13.3 Å². The number of dihydropyridines is 1. The van der Waals surface area contributed by atoms with Gasteiger partial charge in [-0.1, -0.05) is 13.0 Å². The Morgan fingerprint density at radius 2 is 2.12 bits per heavy atom. The molecule has 0 bridgehead atoms. The molecule has 2 atom stereocenters. The standard InChI is InChI=1S/C23H26N6O3/c1-13-9-17-23(12-29(2)28-17)7-4-8-24-20(23)19(13)26-16-10-18(27-21(30)14-5-6-14)25-11-15(16)22(31)32-3/h4,7-8,10-11,13-14H,5-6,9,12H2,1-3H3,(H2,25,26,27,30). The molecule has 1 aromatic rings. The first kappa shape index (κ1) is 20.4. The number of carbonyl (C=O) groups excluding carboxylic acids is 2. The Morgan fingerprint density at radius 3 is 2.88 bits per heavy atom. The van der Waals surface area contributed by atoms with E-state index in [2.05, 4.69) is 28.6 Å². The van der Waals surface area contributed by atoms with Crippen LogP contribution < -0.4 is 10.6 Å². The molecule has 0 saturated heterocycles. The van der Waals surface area contributed by atoms with E-state index in [0.717, 1.165) is 36.4 Å². The largest absolute Gasteiger partial charge is 0.465 e. The van der Waals surface area contributed by atoms with Crippen LogP contribution in [-0.2, 0) is 9.53 Å². The second kappa shape index (κ2) is 7.58. The predicted molar refractivity (Wildman–Crippen MR) is 121 cm³/mol. The molecule has 4 aliphatic rings. The first-order valence-electron chi connectivity index (χ1n) is 10.8. The average Bonchev–Trinajstić information content (AvgIpc) is 3.57. The van der Waals surface area contributed by atoms with E-state index >= 15 is 0 Å². The van der Waals surface area contributed by atoms with Crippen molar-refractivity contribution >= 4 is 35.3 Å². The fraction of sp³-hybridized carbons (Fsp3) is 0.435. The number of anilines is 2. The van der Waals surface area contributed by atoms with Gasteiger partial charge in [-0.15, -0.1) is 0 Å². The molecule has 9 nitrogen and oxygen atoms in total. The fourth-order valence-corrected chi connectivity index (χ4v) is 4.62. The number of carbonyl (C=O) groups is 2. The molecule has 1 fully saturated rings. The van der Waals surface area contributed by atoms with E-state index in [-0.39, 0.29) is 23.2 Å². The van der Waals surface area contributed by atoms with Gasteiger partial charge in [0.05, 0.1) is 36.2 Å². The lowest BCUT2D eigenvalue weighted by Crippen LogP contribution is -2.41. The highest BCUT2D eigenvalue weighted by Gasteiger charge is 2.49. The van der Waals surface area contributed by atoms with Crippen LogP contribution in [0.25, 0.3) is 0 Å². The number of nitrogens with one attached hydrogen (secondary N) is 2. The molecular weight excluding hydrogens is 408 g/mol. The Labute approximate surface area is 186 Å². The summed E-state index contributed by atoms with van der Waals surface area (Å²) in [6.45, 7) is 2.83. The average molecular weight is 435 g/mol. The van der Waals surface area contributed by atoms with Crippen molar-refractivity contribution < 1.29 is 14.3 Å². The maximum atomic E-state index is 12.4. The molecule has 1 amide bonds. The third-order valence-corrected chi connectivity index (χ3v) is 6.40. The number of hydrogen-bond acceptors (Lipinski definition) is 8. The Balaban J connectivity index is 1.55. The van der Waals surface area contributed by atoms with Gasteiger partial charge in [0.25, 0.3) is 0 Å². The van der Waals surface area contributed by atoms with Crippen LogP contribution in [-0.4, -0.2) is 54.5 Å². The van der Waals surface area contributed by atoms with Crippen LogP contribution in [0, 0.1) is 17.3 Å². The SMILES string of the molecule is COC(=O)c1cnc(NC(=O)C2CC2)cc1NC1=C2N=CC=CC23CN(C)N=C3CC1C. The number of aliphatic imine (C=N–C) groups is 1. The van der Waals surface area contributed by atoms with Crippen molar-refractivity contribution in [2.75, 3.05) is 31.3 Å². The quantitative estimate of drug-likeness (QED) is 0.690. The van der Waals surface area contributed by atoms with Crippen LogP contribution >= 0.6 is 0 Å². The molecular formula is C23H26N6O3. The summed E-state index contributed by atoms with van der Waals surface area (Å²) in [7, 11) is 3.30. The Hall–Kier alpha value is -3.49. The van der Waals surface area contributed by atoms with E-state index in [1.807, 2.05) is 18.1 Å². The summed E-state index contributed by atoms with van der Waals surface area (Å²) in [6.07, 6.45) is 9.91. The molecule has 9 heteroatoms. The number of hydrazone groups is 1. The zero-order valence-electron chi connectivity index (χ0n) is 18.4. The molecule has 0 aromatic carbocycles. The lowest BCUT2D eigenvalue weighted by Gasteiger charge is -2.38. The lowest BCUT2D eigenvalue weighted by molar-refractivity contribution is -0.117. The minimum absolute atomic E-state index is 0.0434. The minimum Gasteiger partial charge on any atom is -0.465 e. The number of aromatic nitrogens is 1. The van der Waals surface area contributed by atoms with E-state index in [1.54, 1.807) is 12.3 Å². The van der Waals surface area contributed by atoms with Gasteiger partial charge in [0.2, 0.25) is 5.91 Å². The highest BCUT2D eigenvalue weighted by Crippen LogP contribution is 2.48. The number of pyridine rings is 1. The van der Waals surface area contributed by atoms with Crippen molar-refractivity contribution in [1.82, 2.24) is 9.99 Å². The van der Waals surface area contributed by atoms with Gasteiger partial charge in [-0.2, -0.15) is 5.10 Å². The second-order valence-electron chi connectivity index (χ2n) is 8.83. The van der Waals surface area contributed by atoms with Gasteiger partial charge >= 0.3 is 5.97 Å². The summed E-state index contributed by atoms with van der Waals surface area (Å²) in [5.74, 6) is 0.0138. The fourth-order valence-electron chi connectivity index (χ4n) is 4.62. The molecule has 1 aromatic heterocycles. The lowest BCUT2D eigenvalue weighted by atomic mass is 9.69. The normalized spacial score (nSPS) is 25.8. The van der Waals surface area contributed by atoms with Gasteiger partial charge in [-0.05, 0) is 25.3 Å². The zero-order valence-corrected chi connectivity index (χ0v) is 18.4. The Bertz CT molecular complexity index is 1120. The van der Waals surface area contributed by atoms with Crippen molar-refractivity contribution in [1.29, 1.82) is 0 Å². The van der Waals surface area contributed by atoms with Crippen LogP contribution in [0.4, 0.5) is 11.5 Å². The molecule has 32 heavy (non-hydrogen) atoms. The summed E-state index contributed by atoms with van der Waals surface area (Å²) in [5.41, 5.74) is 3.37. The second-order valence-corrected chi connectivity index (χ2v) is 8.83. The highest BCUT2D eigenvalue weighted by atomic mass is 16.5. The number of esters is 1. The molecule has 166 valence electrons. The summed E-state index contributed by atoms with van der Waals surface area (Å²) in [6, 6.07) is 1.69. The number of nitrogens with zero attached hydrogens (tertiary/aromatic N) is 4. The van der Waals surface area contributed by atoms with Crippen LogP contribution in [0.3, 0.4) is 0 Å². The molecule has 2 N–H and O–H groups in total. The number of methoxy groups -OCH3 is 1. The number of rotatable bonds is 5. The number of hydrogen-bond donors (Lipinski definition) is 2. The molecule has 3 heterocycles. The Morgan fingerprint density at radius 1 is 1.31 bits per heavy atom. The first-order valence-corrected chi connectivity index (χ1v) is 10.8. The van der Waals surface area contributed by atoms with Crippen molar-refractivity contribution in [2.45, 2.75) is 26.2 Å². The van der Waals surface area contributed by atoms with E-state index in [4.69, 9.17) is 14.8 Å². The van der Waals surface area contributed by atoms with Gasteiger partial charge in [0, 0.05) is 43.1 Å². The van der Waals surface area contributed by atoms with Gasteiger partial charge < -0.3 is 15.4 Å². The Kier molecular flexibility index (Phi) is 4.83. The van der Waals surface area contributed by atoms with E-state index in [9.17, 15) is 9.59 Å². The summed E-state index contributed by atoms with van der Waals surface area (Å²) < 4.78 is 4.96.